The molecule has 1 saturated heterocycles. The molecule has 6 nitrogen and oxygen atoms in total. The van der Waals surface area contributed by atoms with Gasteiger partial charge in [0, 0.05) is 44.7 Å². The van der Waals surface area contributed by atoms with Crippen LogP contribution in [0.5, 0.6) is 0 Å². The van der Waals surface area contributed by atoms with Gasteiger partial charge in [0.2, 0.25) is 5.91 Å². The lowest BCUT2D eigenvalue weighted by Crippen LogP contribution is -2.52. The summed E-state index contributed by atoms with van der Waals surface area (Å²) in [7, 11) is 1.76. The minimum absolute atomic E-state index is 0.0508. The molecule has 1 atom stereocenters. The number of carbonyl (C=O) groups excluding carboxylic acids is 1. The Morgan fingerprint density at radius 3 is 2.63 bits per heavy atom. The zero-order chi connectivity index (χ0) is 19.9. The molecule has 0 spiro atoms. The maximum atomic E-state index is 11.9. The molecule has 0 aliphatic carbocycles. The third-order valence-corrected chi connectivity index (χ3v) is 4.88. The number of hydrogen-bond acceptors (Lipinski definition) is 3. The van der Waals surface area contributed by atoms with Gasteiger partial charge < -0.3 is 20.9 Å². The molecule has 1 aliphatic rings. The lowest BCUT2D eigenvalue weighted by Gasteiger charge is -2.35. The summed E-state index contributed by atoms with van der Waals surface area (Å²) < 4.78 is 0. The molecular formula is C20H32ClN5O. The molecule has 1 aromatic rings. The third-order valence-electron chi connectivity index (χ3n) is 4.56. The molecule has 150 valence electrons. The van der Waals surface area contributed by atoms with E-state index in [9.17, 15) is 4.79 Å². The van der Waals surface area contributed by atoms with Crippen LogP contribution in [-0.2, 0) is 4.79 Å². The molecule has 1 aliphatic heterocycles. The van der Waals surface area contributed by atoms with Gasteiger partial charge in [-0.1, -0.05) is 44.5 Å². The van der Waals surface area contributed by atoms with Crippen LogP contribution in [0.4, 0.5) is 5.69 Å². The van der Waals surface area contributed by atoms with E-state index in [0.717, 1.165) is 42.6 Å². The van der Waals surface area contributed by atoms with Gasteiger partial charge in [-0.3, -0.25) is 9.79 Å². The Bertz CT molecular complexity index is 656. The summed E-state index contributed by atoms with van der Waals surface area (Å²) in [5, 5.41) is 10.5. The van der Waals surface area contributed by atoms with E-state index in [1.807, 2.05) is 39.0 Å². The van der Waals surface area contributed by atoms with Gasteiger partial charge in [0.15, 0.2) is 5.96 Å². The Labute approximate surface area is 167 Å². The van der Waals surface area contributed by atoms with Crippen LogP contribution in [0.15, 0.2) is 29.3 Å². The number of aliphatic imine (C=N–C) groups is 1. The second kappa shape index (κ2) is 9.83. The Kier molecular flexibility index (Phi) is 7.78. The number of halogens is 1. The molecule has 1 heterocycles. The zero-order valence-corrected chi connectivity index (χ0v) is 17.6. The molecule has 7 heteroatoms. The van der Waals surface area contributed by atoms with Crippen molar-refractivity contribution >= 4 is 29.2 Å². The summed E-state index contributed by atoms with van der Waals surface area (Å²) >= 11 is 6.35. The van der Waals surface area contributed by atoms with E-state index in [0.29, 0.717) is 19.1 Å². The molecule has 1 unspecified atom stereocenters. The first-order valence-corrected chi connectivity index (χ1v) is 9.94. The van der Waals surface area contributed by atoms with Crippen LogP contribution in [-0.4, -0.2) is 51.1 Å². The van der Waals surface area contributed by atoms with Gasteiger partial charge in [0.1, 0.15) is 0 Å². The molecule has 2 rings (SSSR count). The first-order chi connectivity index (χ1) is 12.8. The predicted molar refractivity (Wildman–Crippen MR) is 114 cm³/mol. The van der Waals surface area contributed by atoms with E-state index < -0.39 is 0 Å². The largest absolute Gasteiger partial charge is 0.368 e. The van der Waals surface area contributed by atoms with Gasteiger partial charge in [-0.15, -0.1) is 0 Å². The number of amides is 1. The van der Waals surface area contributed by atoms with E-state index in [1.165, 1.54) is 0 Å². The van der Waals surface area contributed by atoms with E-state index >= 15 is 0 Å². The van der Waals surface area contributed by atoms with Crippen molar-refractivity contribution in [3.05, 3.63) is 29.3 Å². The van der Waals surface area contributed by atoms with Crippen LogP contribution in [0, 0.1) is 5.41 Å². The van der Waals surface area contributed by atoms with Gasteiger partial charge in [-0.2, -0.15) is 0 Å². The van der Waals surface area contributed by atoms with Crippen molar-refractivity contribution in [3.8, 4) is 0 Å². The summed E-state index contributed by atoms with van der Waals surface area (Å²) in [6.07, 6.45) is 2.18. The van der Waals surface area contributed by atoms with E-state index in [1.54, 1.807) is 7.05 Å². The number of para-hydroxylation sites is 1. The van der Waals surface area contributed by atoms with Crippen molar-refractivity contribution in [2.45, 2.75) is 39.7 Å². The summed E-state index contributed by atoms with van der Waals surface area (Å²) in [5.74, 6) is 0.806. The van der Waals surface area contributed by atoms with Gasteiger partial charge >= 0.3 is 0 Å². The van der Waals surface area contributed by atoms with Gasteiger partial charge in [0.05, 0.1) is 10.7 Å². The Morgan fingerprint density at radius 1 is 1.26 bits per heavy atom. The summed E-state index contributed by atoms with van der Waals surface area (Å²) in [6, 6.07) is 8.27. The van der Waals surface area contributed by atoms with Crippen LogP contribution in [0.1, 0.15) is 33.6 Å². The van der Waals surface area contributed by atoms with Crippen molar-refractivity contribution in [2.24, 2.45) is 10.4 Å². The minimum Gasteiger partial charge on any atom is -0.368 e. The summed E-state index contributed by atoms with van der Waals surface area (Å²) in [5.41, 5.74) is 0.711. The second-order valence-electron chi connectivity index (χ2n) is 7.89. The fourth-order valence-electron chi connectivity index (χ4n) is 3.03. The molecule has 0 aromatic heterocycles. The van der Waals surface area contributed by atoms with Gasteiger partial charge in [-0.05, 0) is 25.0 Å². The Hall–Kier alpha value is -1.95. The van der Waals surface area contributed by atoms with E-state index in [-0.39, 0.29) is 11.3 Å². The lowest BCUT2D eigenvalue weighted by molar-refractivity contribution is -0.128. The highest BCUT2D eigenvalue weighted by Gasteiger charge is 2.22. The number of nitrogens with zero attached hydrogens (tertiary/aromatic N) is 2. The summed E-state index contributed by atoms with van der Waals surface area (Å²) in [6.45, 7) is 8.80. The fourth-order valence-corrected chi connectivity index (χ4v) is 3.29. The van der Waals surface area contributed by atoms with Crippen LogP contribution in [0.2, 0.25) is 5.02 Å². The normalized spacial score (nSPS) is 18.2. The molecule has 1 fully saturated rings. The molecule has 0 bridgehead atoms. The average molecular weight is 394 g/mol. The van der Waals surface area contributed by atoms with E-state index in [2.05, 4.69) is 31.9 Å². The standard InChI is InChI=1S/C20H32ClN5O/c1-20(2,3)18(27)23-11-12-24-19(22-4)25-15-8-7-13-26(14-15)17-10-6-5-9-16(17)21/h5-6,9-10,15H,7-8,11-14H2,1-4H3,(H,23,27)(H2,22,24,25). The number of hydrogen-bond donors (Lipinski definition) is 3. The van der Waals surface area contributed by atoms with Crippen molar-refractivity contribution in [1.29, 1.82) is 0 Å². The minimum atomic E-state index is -0.371. The van der Waals surface area contributed by atoms with Crippen LogP contribution in [0.3, 0.4) is 0 Å². The smallest absolute Gasteiger partial charge is 0.225 e. The Balaban J connectivity index is 1.80. The van der Waals surface area contributed by atoms with Crippen LogP contribution >= 0.6 is 11.6 Å². The highest BCUT2D eigenvalue weighted by atomic mass is 35.5. The topological polar surface area (TPSA) is 68.8 Å². The number of benzene rings is 1. The first kappa shape index (κ1) is 21.4. The summed E-state index contributed by atoms with van der Waals surface area (Å²) in [4.78, 5) is 18.5. The van der Waals surface area contributed by atoms with Crippen molar-refractivity contribution in [2.75, 3.05) is 38.1 Å². The maximum Gasteiger partial charge on any atom is 0.225 e. The van der Waals surface area contributed by atoms with Gasteiger partial charge in [-0.25, -0.2) is 0 Å². The van der Waals surface area contributed by atoms with Gasteiger partial charge in [0.25, 0.3) is 0 Å². The highest BCUT2D eigenvalue weighted by Crippen LogP contribution is 2.27. The quantitative estimate of drug-likeness (QED) is 0.408. The number of rotatable bonds is 5. The van der Waals surface area contributed by atoms with E-state index in [4.69, 9.17) is 11.6 Å². The third kappa shape index (κ3) is 6.61. The molecule has 0 radical (unpaired) electrons. The number of nitrogens with one attached hydrogen (secondary N) is 3. The van der Waals surface area contributed by atoms with Crippen molar-refractivity contribution < 1.29 is 4.79 Å². The fraction of sp³-hybridized carbons (Fsp3) is 0.600. The van der Waals surface area contributed by atoms with Crippen molar-refractivity contribution in [1.82, 2.24) is 16.0 Å². The average Bonchev–Trinajstić information content (AvgIpc) is 2.63. The lowest BCUT2D eigenvalue weighted by atomic mass is 9.96. The second-order valence-corrected chi connectivity index (χ2v) is 8.29. The predicted octanol–water partition coefficient (Wildman–Crippen LogP) is 2.64. The molecular weight excluding hydrogens is 362 g/mol. The number of piperidine rings is 1. The monoisotopic (exact) mass is 393 g/mol. The number of carbonyl (C=O) groups is 1. The Morgan fingerprint density at radius 2 is 1.96 bits per heavy atom. The molecule has 27 heavy (non-hydrogen) atoms. The van der Waals surface area contributed by atoms with Crippen LogP contribution < -0.4 is 20.9 Å². The molecule has 1 amide bonds. The molecule has 3 N–H and O–H groups in total. The number of guanidine groups is 1. The number of anilines is 1. The van der Waals surface area contributed by atoms with Crippen molar-refractivity contribution in [3.63, 3.8) is 0 Å². The zero-order valence-electron chi connectivity index (χ0n) is 16.8. The highest BCUT2D eigenvalue weighted by molar-refractivity contribution is 6.33. The molecule has 1 aromatic carbocycles. The molecule has 0 saturated carbocycles. The maximum absolute atomic E-state index is 11.9. The first-order valence-electron chi connectivity index (χ1n) is 9.56. The SMILES string of the molecule is CN=C(NCCNC(=O)C(C)(C)C)NC1CCCN(c2ccccc2Cl)C1. The van der Waals surface area contributed by atoms with Crippen LogP contribution in [0.25, 0.3) is 0 Å².